The van der Waals surface area contributed by atoms with Gasteiger partial charge in [0.2, 0.25) is 0 Å². The van der Waals surface area contributed by atoms with Gasteiger partial charge in [-0.3, -0.25) is 0 Å². The Kier molecular flexibility index (Phi) is 3.17. The SMILES string of the molecule is CC(O)(Cc1ccccc1Br)c1ccoc1. The first-order valence-electron chi connectivity index (χ1n) is 5.08. The van der Waals surface area contributed by atoms with Crippen LogP contribution in [0.4, 0.5) is 0 Å². The molecule has 1 atom stereocenters. The van der Waals surface area contributed by atoms with Gasteiger partial charge >= 0.3 is 0 Å². The molecule has 84 valence electrons. The van der Waals surface area contributed by atoms with Crippen LogP contribution < -0.4 is 0 Å². The zero-order valence-corrected chi connectivity index (χ0v) is 10.6. The van der Waals surface area contributed by atoms with Crippen LogP contribution in [0.2, 0.25) is 0 Å². The van der Waals surface area contributed by atoms with Crippen LogP contribution >= 0.6 is 15.9 Å². The molecule has 1 aromatic carbocycles. The van der Waals surface area contributed by atoms with Gasteiger partial charge < -0.3 is 9.52 Å². The molecule has 0 bridgehead atoms. The Labute approximate surface area is 103 Å². The molecule has 0 saturated heterocycles. The van der Waals surface area contributed by atoms with Crippen LogP contribution in [0.5, 0.6) is 0 Å². The molecule has 2 rings (SSSR count). The summed E-state index contributed by atoms with van der Waals surface area (Å²) in [6, 6.07) is 9.68. The van der Waals surface area contributed by atoms with Gasteiger partial charge in [0.25, 0.3) is 0 Å². The minimum Gasteiger partial charge on any atom is -0.472 e. The number of rotatable bonds is 3. The Morgan fingerprint density at radius 2 is 2.06 bits per heavy atom. The molecule has 0 aliphatic carbocycles. The molecule has 0 amide bonds. The summed E-state index contributed by atoms with van der Waals surface area (Å²) >= 11 is 3.48. The standard InChI is InChI=1S/C13H13BrO2/c1-13(15,11-6-7-16-9-11)8-10-4-2-3-5-12(10)14/h2-7,9,15H,8H2,1H3. The van der Waals surface area contributed by atoms with Crippen LogP contribution in [0.15, 0.2) is 51.7 Å². The third-order valence-corrected chi connectivity index (χ3v) is 3.41. The van der Waals surface area contributed by atoms with Crippen molar-refractivity contribution in [1.82, 2.24) is 0 Å². The molecule has 1 heterocycles. The Hall–Kier alpha value is -1.06. The topological polar surface area (TPSA) is 33.4 Å². The summed E-state index contributed by atoms with van der Waals surface area (Å²) < 4.78 is 6.01. The number of hydrogen-bond donors (Lipinski definition) is 1. The zero-order chi connectivity index (χ0) is 11.6. The highest BCUT2D eigenvalue weighted by atomic mass is 79.9. The summed E-state index contributed by atoms with van der Waals surface area (Å²) in [5.41, 5.74) is 0.966. The molecule has 2 aromatic rings. The highest BCUT2D eigenvalue weighted by Crippen LogP contribution is 2.28. The van der Waals surface area contributed by atoms with E-state index in [9.17, 15) is 5.11 Å². The smallest absolute Gasteiger partial charge is 0.0963 e. The fourth-order valence-electron chi connectivity index (χ4n) is 1.69. The van der Waals surface area contributed by atoms with E-state index in [-0.39, 0.29) is 0 Å². The van der Waals surface area contributed by atoms with Crippen molar-refractivity contribution in [3.63, 3.8) is 0 Å². The second-order valence-corrected chi connectivity index (χ2v) is 4.91. The summed E-state index contributed by atoms with van der Waals surface area (Å²) in [6.07, 6.45) is 3.70. The predicted octanol–water partition coefficient (Wildman–Crippen LogP) is 3.49. The molecule has 0 aliphatic heterocycles. The third kappa shape index (κ3) is 2.36. The molecule has 16 heavy (non-hydrogen) atoms. The number of halogens is 1. The lowest BCUT2D eigenvalue weighted by molar-refractivity contribution is 0.0568. The minimum atomic E-state index is -0.906. The highest BCUT2D eigenvalue weighted by molar-refractivity contribution is 9.10. The average molecular weight is 281 g/mol. The van der Waals surface area contributed by atoms with Gasteiger partial charge in [-0.15, -0.1) is 0 Å². The van der Waals surface area contributed by atoms with Crippen molar-refractivity contribution >= 4 is 15.9 Å². The molecule has 0 aliphatic rings. The number of hydrogen-bond acceptors (Lipinski definition) is 2. The van der Waals surface area contributed by atoms with Crippen LogP contribution in [0.1, 0.15) is 18.1 Å². The second kappa shape index (κ2) is 4.44. The van der Waals surface area contributed by atoms with Crippen LogP contribution in [0.25, 0.3) is 0 Å². The molecule has 1 aromatic heterocycles. The Morgan fingerprint density at radius 1 is 1.31 bits per heavy atom. The predicted molar refractivity (Wildman–Crippen MR) is 66.1 cm³/mol. The van der Waals surface area contributed by atoms with Gasteiger partial charge in [-0.2, -0.15) is 0 Å². The molecular weight excluding hydrogens is 268 g/mol. The van der Waals surface area contributed by atoms with Gasteiger partial charge in [0, 0.05) is 16.5 Å². The van der Waals surface area contributed by atoms with Gasteiger partial charge in [0.05, 0.1) is 18.1 Å². The third-order valence-electron chi connectivity index (χ3n) is 2.64. The van der Waals surface area contributed by atoms with Crippen LogP contribution in [0.3, 0.4) is 0 Å². The Bertz CT molecular complexity index is 461. The quantitative estimate of drug-likeness (QED) is 0.934. The molecule has 0 radical (unpaired) electrons. The maximum atomic E-state index is 10.4. The lowest BCUT2D eigenvalue weighted by Crippen LogP contribution is -2.23. The van der Waals surface area contributed by atoms with E-state index in [2.05, 4.69) is 15.9 Å². The Balaban J connectivity index is 2.25. The van der Waals surface area contributed by atoms with Crippen molar-refractivity contribution in [2.24, 2.45) is 0 Å². The molecule has 0 spiro atoms. The van der Waals surface area contributed by atoms with Crippen LogP contribution in [0, 0.1) is 0 Å². The summed E-state index contributed by atoms with van der Waals surface area (Å²) in [6.45, 7) is 1.79. The molecular formula is C13H13BrO2. The van der Waals surface area contributed by atoms with E-state index in [0.717, 1.165) is 15.6 Å². The minimum absolute atomic E-state index is 0.550. The summed E-state index contributed by atoms with van der Waals surface area (Å²) in [5, 5.41) is 10.4. The van der Waals surface area contributed by atoms with Gasteiger partial charge in [-0.05, 0) is 24.6 Å². The number of furan rings is 1. The normalized spacial score (nSPS) is 14.7. The lowest BCUT2D eigenvalue weighted by atomic mass is 9.91. The van der Waals surface area contributed by atoms with E-state index in [0.29, 0.717) is 6.42 Å². The van der Waals surface area contributed by atoms with Crippen molar-refractivity contribution in [3.05, 3.63) is 58.5 Å². The first kappa shape index (κ1) is 11.4. The molecule has 2 nitrogen and oxygen atoms in total. The van der Waals surface area contributed by atoms with Gasteiger partial charge in [-0.1, -0.05) is 34.1 Å². The summed E-state index contributed by atoms with van der Waals surface area (Å²) in [7, 11) is 0. The average Bonchev–Trinajstić information content (AvgIpc) is 2.75. The van der Waals surface area contributed by atoms with Gasteiger partial charge in [0.1, 0.15) is 0 Å². The van der Waals surface area contributed by atoms with Gasteiger partial charge in [0.15, 0.2) is 0 Å². The second-order valence-electron chi connectivity index (χ2n) is 4.05. The van der Waals surface area contributed by atoms with Crippen molar-refractivity contribution in [2.45, 2.75) is 18.9 Å². The largest absolute Gasteiger partial charge is 0.472 e. The zero-order valence-electron chi connectivity index (χ0n) is 8.98. The highest BCUT2D eigenvalue weighted by Gasteiger charge is 2.25. The molecule has 0 fully saturated rings. The van der Waals surface area contributed by atoms with Crippen LogP contribution in [-0.2, 0) is 12.0 Å². The van der Waals surface area contributed by atoms with Crippen molar-refractivity contribution in [3.8, 4) is 0 Å². The van der Waals surface area contributed by atoms with Crippen molar-refractivity contribution < 1.29 is 9.52 Å². The number of benzene rings is 1. The van der Waals surface area contributed by atoms with E-state index in [1.807, 2.05) is 24.3 Å². The molecule has 1 N–H and O–H groups in total. The molecule has 3 heteroatoms. The van der Waals surface area contributed by atoms with Crippen molar-refractivity contribution in [2.75, 3.05) is 0 Å². The maximum Gasteiger partial charge on any atom is 0.0963 e. The first-order chi connectivity index (χ1) is 7.59. The van der Waals surface area contributed by atoms with E-state index >= 15 is 0 Å². The van der Waals surface area contributed by atoms with E-state index in [1.54, 1.807) is 25.5 Å². The van der Waals surface area contributed by atoms with Gasteiger partial charge in [-0.25, -0.2) is 0 Å². The maximum absolute atomic E-state index is 10.4. The fraction of sp³-hybridized carbons (Fsp3) is 0.231. The van der Waals surface area contributed by atoms with E-state index in [1.165, 1.54) is 0 Å². The van der Waals surface area contributed by atoms with Crippen LogP contribution in [-0.4, -0.2) is 5.11 Å². The molecule has 1 unspecified atom stereocenters. The summed E-state index contributed by atoms with van der Waals surface area (Å²) in [4.78, 5) is 0. The molecule has 0 saturated carbocycles. The Morgan fingerprint density at radius 3 is 2.69 bits per heavy atom. The number of aliphatic hydroxyl groups is 1. The van der Waals surface area contributed by atoms with E-state index in [4.69, 9.17) is 4.42 Å². The van der Waals surface area contributed by atoms with E-state index < -0.39 is 5.60 Å². The summed E-state index contributed by atoms with van der Waals surface area (Å²) in [5.74, 6) is 0. The first-order valence-corrected chi connectivity index (χ1v) is 5.87. The fourth-order valence-corrected chi connectivity index (χ4v) is 2.11. The monoisotopic (exact) mass is 280 g/mol. The van der Waals surface area contributed by atoms with Crippen molar-refractivity contribution in [1.29, 1.82) is 0 Å². The lowest BCUT2D eigenvalue weighted by Gasteiger charge is -2.22.